The molecule has 0 unspecified atom stereocenters. The van der Waals surface area contributed by atoms with Gasteiger partial charge in [-0.2, -0.15) is 0 Å². The van der Waals surface area contributed by atoms with Gasteiger partial charge >= 0.3 is 0 Å². The second-order valence-electron chi connectivity index (χ2n) is 2.86. The maximum atomic E-state index is 4.36. The zero-order valence-electron chi connectivity index (χ0n) is 10.1. The van der Waals surface area contributed by atoms with Gasteiger partial charge in [-0.3, -0.25) is 4.99 Å². The monoisotopic (exact) mass is 206 g/mol. The van der Waals surface area contributed by atoms with Crippen LogP contribution in [0.5, 0.6) is 0 Å². The van der Waals surface area contributed by atoms with Crippen LogP contribution in [0.3, 0.4) is 0 Å². The van der Waals surface area contributed by atoms with Gasteiger partial charge in [0, 0.05) is 6.54 Å². The van der Waals surface area contributed by atoms with Crippen molar-refractivity contribution < 1.29 is 0 Å². The van der Waals surface area contributed by atoms with Gasteiger partial charge in [-0.15, -0.1) is 0 Å². The average Bonchev–Trinajstić information content (AvgIpc) is 2.80. The van der Waals surface area contributed by atoms with Crippen LogP contribution in [-0.2, 0) is 0 Å². The van der Waals surface area contributed by atoms with Crippen molar-refractivity contribution in [2.24, 2.45) is 4.99 Å². The Labute approximate surface area is 93.5 Å². The fourth-order valence-corrected chi connectivity index (χ4v) is 1.24. The first-order chi connectivity index (χ1) is 7.38. The topological polar surface area (TPSA) is 24.4 Å². The molecule has 0 amide bonds. The predicted molar refractivity (Wildman–Crippen MR) is 69.4 cm³/mol. The maximum Gasteiger partial charge on any atom is 0.124 e. The molecule has 0 aromatic heterocycles. The van der Waals surface area contributed by atoms with E-state index >= 15 is 0 Å². The van der Waals surface area contributed by atoms with Crippen molar-refractivity contribution in [2.75, 3.05) is 13.1 Å². The molecule has 2 nitrogen and oxygen atoms in total. The number of allylic oxidation sites excluding steroid dienone is 4. The summed E-state index contributed by atoms with van der Waals surface area (Å²) in [6.45, 7) is 11.6. The highest BCUT2D eigenvalue weighted by Crippen LogP contribution is 2.07. The Kier molecular flexibility index (Phi) is 8.44. The first-order valence-corrected chi connectivity index (χ1v) is 5.60. The van der Waals surface area contributed by atoms with Crippen molar-refractivity contribution in [3.8, 4) is 0 Å². The molecule has 0 saturated heterocycles. The maximum absolute atomic E-state index is 4.36. The number of amidine groups is 1. The highest BCUT2D eigenvalue weighted by atomic mass is 15.1. The second kappa shape index (κ2) is 9.25. The van der Waals surface area contributed by atoms with E-state index in [0.717, 1.165) is 25.3 Å². The molecule has 0 aromatic carbocycles. The van der Waals surface area contributed by atoms with Crippen LogP contribution in [0, 0.1) is 0 Å². The summed E-state index contributed by atoms with van der Waals surface area (Å²) in [5, 5.41) is 3.25. The smallest absolute Gasteiger partial charge is 0.124 e. The number of rotatable bonds is 4. The van der Waals surface area contributed by atoms with Crippen LogP contribution in [0.1, 0.15) is 27.2 Å². The zero-order valence-corrected chi connectivity index (χ0v) is 10.1. The largest absolute Gasteiger partial charge is 0.368 e. The van der Waals surface area contributed by atoms with Crippen molar-refractivity contribution in [1.29, 1.82) is 0 Å². The van der Waals surface area contributed by atoms with E-state index in [1.165, 1.54) is 5.57 Å². The normalized spacial score (nSPS) is 15.4. The highest BCUT2D eigenvalue weighted by Gasteiger charge is 2.08. The molecule has 0 radical (unpaired) electrons. The fourth-order valence-electron chi connectivity index (χ4n) is 1.24. The van der Waals surface area contributed by atoms with Crippen LogP contribution >= 0.6 is 0 Å². The van der Waals surface area contributed by atoms with Crippen molar-refractivity contribution >= 4 is 5.84 Å². The van der Waals surface area contributed by atoms with E-state index in [-0.39, 0.29) is 0 Å². The summed E-state index contributed by atoms with van der Waals surface area (Å²) in [5.41, 5.74) is 1.21. The summed E-state index contributed by atoms with van der Waals surface area (Å²) in [6, 6.07) is 0. The first-order valence-electron chi connectivity index (χ1n) is 5.60. The van der Waals surface area contributed by atoms with Crippen LogP contribution < -0.4 is 5.32 Å². The lowest BCUT2D eigenvalue weighted by Crippen LogP contribution is -2.20. The Morgan fingerprint density at radius 2 is 2.27 bits per heavy atom. The van der Waals surface area contributed by atoms with Gasteiger partial charge in [0.2, 0.25) is 0 Å². The van der Waals surface area contributed by atoms with Crippen molar-refractivity contribution in [3.05, 3.63) is 36.5 Å². The molecule has 84 valence electrons. The lowest BCUT2D eigenvalue weighted by molar-refractivity contribution is 0.958. The standard InChI is InChI=1S/C11H16N2.C2H6/c1-3-5-7-10(6-4-2)11-12-8-9-13-11;1-2/h3-6H,2,7-9H2,1H3,(H,12,13);1-2H3/b5-3-,10-6+;. The molecule has 0 atom stereocenters. The summed E-state index contributed by atoms with van der Waals surface area (Å²) in [6.07, 6.45) is 8.91. The molecule has 0 bridgehead atoms. The SMILES string of the molecule is C=C/C=C(\C/C=C\C)C1=NCCN1.CC. The molecule has 0 spiro atoms. The minimum absolute atomic E-state index is 0.889. The quantitative estimate of drug-likeness (QED) is 0.555. The third-order valence-electron chi connectivity index (χ3n) is 1.87. The fraction of sp³-hybridized carbons (Fsp3) is 0.462. The number of nitrogens with one attached hydrogen (secondary N) is 1. The van der Waals surface area contributed by atoms with Crippen molar-refractivity contribution in [2.45, 2.75) is 27.2 Å². The zero-order chi connectivity index (χ0) is 11.5. The highest BCUT2D eigenvalue weighted by molar-refractivity contribution is 5.99. The first kappa shape index (κ1) is 13.7. The van der Waals surface area contributed by atoms with E-state index < -0.39 is 0 Å². The summed E-state index contributed by atoms with van der Waals surface area (Å²) < 4.78 is 0. The average molecular weight is 206 g/mol. The number of aliphatic imine (C=N–C) groups is 1. The molecule has 2 heteroatoms. The van der Waals surface area contributed by atoms with E-state index in [9.17, 15) is 0 Å². The minimum Gasteiger partial charge on any atom is -0.368 e. The van der Waals surface area contributed by atoms with E-state index in [1.807, 2.05) is 32.9 Å². The molecular weight excluding hydrogens is 184 g/mol. The molecule has 0 saturated carbocycles. The molecular formula is C13H22N2. The molecule has 1 aliphatic rings. The van der Waals surface area contributed by atoms with Gasteiger partial charge in [-0.05, 0) is 18.9 Å². The van der Waals surface area contributed by atoms with Gasteiger partial charge in [0.25, 0.3) is 0 Å². The predicted octanol–water partition coefficient (Wildman–Crippen LogP) is 3.09. The molecule has 0 aromatic rings. The Morgan fingerprint density at radius 1 is 1.53 bits per heavy atom. The van der Waals surface area contributed by atoms with Crippen LogP contribution in [0.15, 0.2) is 41.4 Å². The van der Waals surface area contributed by atoms with Crippen molar-refractivity contribution in [3.63, 3.8) is 0 Å². The van der Waals surface area contributed by atoms with Crippen molar-refractivity contribution in [1.82, 2.24) is 5.32 Å². The van der Waals surface area contributed by atoms with Gasteiger partial charge in [-0.1, -0.05) is 44.7 Å². The van der Waals surface area contributed by atoms with Crippen LogP contribution in [0.4, 0.5) is 0 Å². The van der Waals surface area contributed by atoms with E-state index in [1.54, 1.807) is 6.08 Å². The van der Waals surface area contributed by atoms with Crippen LogP contribution in [0.2, 0.25) is 0 Å². The Morgan fingerprint density at radius 3 is 2.73 bits per heavy atom. The Balaban J connectivity index is 0.000000921. The Bertz CT molecular complexity index is 260. The van der Waals surface area contributed by atoms with E-state index in [2.05, 4.69) is 23.0 Å². The van der Waals surface area contributed by atoms with Crippen LogP contribution in [0.25, 0.3) is 0 Å². The third-order valence-corrected chi connectivity index (χ3v) is 1.87. The summed E-state index contributed by atoms with van der Waals surface area (Å²) in [7, 11) is 0. The second-order valence-corrected chi connectivity index (χ2v) is 2.86. The number of nitrogens with zero attached hydrogens (tertiary/aromatic N) is 1. The van der Waals surface area contributed by atoms with E-state index in [4.69, 9.17) is 0 Å². The molecule has 1 heterocycles. The Hall–Kier alpha value is -1.31. The summed E-state index contributed by atoms with van der Waals surface area (Å²) in [5.74, 6) is 1.03. The van der Waals surface area contributed by atoms with Crippen LogP contribution in [-0.4, -0.2) is 18.9 Å². The van der Waals surface area contributed by atoms with Gasteiger partial charge in [0.05, 0.1) is 6.54 Å². The molecule has 0 fully saturated rings. The van der Waals surface area contributed by atoms with Gasteiger partial charge in [0.15, 0.2) is 0 Å². The number of hydrogen-bond donors (Lipinski definition) is 1. The lowest BCUT2D eigenvalue weighted by Gasteiger charge is -2.04. The molecule has 15 heavy (non-hydrogen) atoms. The van der Waals surface area contributed by atoms with E-state index in [0.29, 0.717) is 0 Å². The molecule has 1 aliphatic heterocycles. The minimum atomic E-state index is 0.889. The summed E-state index contributed by atoms with van der Waals surface area (Å²) in [4.78, 5) is 4.36. The number of hydrogen-bond acceptors (Lipinski definition) is 2. The molecule has 1 rings (SSSR count). The molecule has 1 N–H and O–H groups in total. The van der Waals surface area contributed by atoms with Gasteiger partial charge < -0.3 is 5.32 Å². The molecule has 0 aliphatic carbocycles. The van der Waals surface area contributed by atoms with Gasteiger partial charge in [-0.25, -0.2) is 0 Å². The van der Waals surface area contributed by atoms with Gasteiger partial charge in [0.1, 0.15) is 5.84 Å². The lowest BCUT2D eigenvalue weighted by atomic mass is 10.1. The summed E-state index contributed by atoms with van der Waals surface area (Å²) >= 11 is 0. The third kappa shape index (κ3) is 5.21.